The van der Waals surface area contributed by atoms with E-state index in [1.165, 1.54) is 0 Å². The predicted molar refractivity (Wildman–Crippen MR) is 72.4 cm³/mol. The van der Waals surface area contributed by atoms with Crippen molar-refractivity contribution in [2.75, 3.05) is 0 Å². The van der Waals surface area contributed by atoms with Gasteiger partial charge in [-0.05, 0) is 27.2 Å². The maximum atomic E-state index is 11.8. The largest absolute Gasteiger partial charge is 0.480 e. The Balaban J connectivity index is 2.64. The van der Waals surface area contributed by atoms with Gasteiger partial charge in [0.1, 0.15) is 11.8 Å². The zero-order valence-electron chi connectivity index (χ0n) is 12.2. The first-order valence-electron chi connectivity index (χ1n) is 6.59. The third-order valence-electron chi connectivity index (χ3n) is 3.05. The van der Waals surface area contributed by atoms with Crippen LogP contribution in [0.4, 0.5) is 4.79 Å². The molecule has 3 N–H and O–H groups in total. The highest BCUT2D eigenvalue weighted by Crippen LogP contribution is 2.20. The number of nitrogens with zero attached hydrogens (tertiary/aromatic N) is 1. The minimum Gasteiger partial charge on any atom is -0.480 e. The summed E-state index contributed by atoms with van der Waals surface area (Å²) in [5.74, 6) is -0.398. The van der Waals surface area contributed by atoms with Crippen LogP contribution in [0.25, 0.3) is 0 Å². The molecule has 1 aromatic rings. The third-order valence-corrected chi connectivity index (χ3v) is 3.05. The molecule has 1 heterocycles. The zero-order valence-corrected chi connectivity index (χ0v) is 12.2. The summed E-state index contributed by atoms with van der Waals surface area (Å²) in [4.78, 5) is 22.8. The van der Waals surface area contributed by atoms with E-state index in [2.05, 4.69) is 15.8 Å². The lowest BCUT2D eigenvalue weighted by Gasteiger charge is -2.18. The topological polar surface area (TPSA) is 104 Å². The second kappa shape index (κ2) is 6.93. The van der Waals surface area contributed by atoms with Crippen molar-refractivity contribution < 1.29 is 19.2 Å². The number of carboxylic acid groups (broad SMARTS) is 1. The molecule has 0 fully saturated rings. The molecule has 0 saturated carbocycles. The maximum Gasteiger partial charge on any atom is 0.326 e. The van der Waals surface area contributed by atoms with Gasteiger partial charge in [0.15, 0.2) is 0 Å². The van der Waals surface area contributed by atoms with Crippen LogP contribution >= 0.6 is 0 Å². The highest BCUT2D eigenvalue weighted by molar-refractivity contribution is 5.82. The van der Waals surface area contributed by atoms with Gasteiger partial charge in [-0.1, -0.05) is 18.5 Å². The number of rotatable bonds is 6. The summed E-state index contributed by atoms with van der Waals surface area (Å²) in [7, 11) is 0. The highest BCUT2D eigenvalue weighted by Gasteiger charge is 2.22. The normalized spacial score (nSPS) is 13.6. The van der Waals surface area contributed by atoms with Gasteiger partial charge in [0.2, 0.25) is 0 Å². The van der Waals surface area contributed by atoms with E-state index in [9.17, 15) is 9.59 Å². The van der Waals surface area contributed by atoms with Crippen LogP contribution in [-0.4, -0.2) is 28.3 Å². The number of hydrogen-bond acceptors (Lipinski definition) is 4. The molecule has 0 radical (unpaired) electrons. The summed E-state index contributed by atoms with van der Waals surface area (Å²) in [6.45, 7) is 7.21. The van der Waals surface area contributed by atoms with Gasteiger partial charge >= 0.3 is 12.0 Å². The van der Waals surface area contributed by atoms with Crippen molar-refractivity contribution in [2.24, 2.45) is 0 Å². The van der Waals surface area contributed by atoms with Crippen LogP contribution in [0.1, 0.15) is 49.7 Å². The van der Waals surface area contributed by atoms with E-state index in [0.717, 1.165) is 5.56 Å². The summed E-state index contributed by atoms with van der Waals surface area (Å²) in [5.41, 5.74) is 1.51. The molecular formula is C13H21N3O4. The smallest absolute Gasteiger partial charge is 0.326 e. The van der Waals surface area contributed by atoms with Crippen molar-refractivity contribution in [3.63, 3.8) is 0 Å². The van der Waals surface area contributed by atoms with Crippen LogP contribution in [0.3, 0.4) is 0 Å². The molecule has 1 rings (SSSR count). The summed E-state index contributed by atoms with van der Waals surface area (Å²) in [6, 6.07) is -1.70. The molecule has 0 aromatic carbocycles. The minimum absolute atomic E-state index is 0.308. The SMILES string of the molecule is CCCC(NC(=O)NC(C)c1c(C)noc1C)C(=O)O. The van der Waals surface area contributed by atoms with Gasteiger partial charge in [0.25, 0.3) is 0 Å². The van der Waals surface area contributed by atoms with E-state index in [1.54, 1.807) is 20.8 Å². The number of urea groups is 1. The van der Waals surface area contributed by atoms with E-state index in [1.807, 2.05) is 6.92 Å². The van der Waals surface area contributed by atoms with Crippen molar-refractivity contribution >= 4 is 12.0 Å². The fraction of sp³-hybridized carbons (Fsp3) is 0.615. The third kappa shape index (κ3) is 3.97. The Morgan fingerprint density at radius 1 is 1.35 bits per heavy atom. The molecule has 2 atom stereocenters. The van der Waals surface area contributed by atoms with Gasteiger partial charge in [-0.25, -0.2) is 9.59 Å². The van der Waals surface area contributed by atoms with E-state index in [0.29, 0.717) is 24.3 Å². The second-order valence-electron chi connectivity index (χ2n) is 4.76. The van der Waals surface area contributed by atoms with Crippen LogP contribution in [0, 0.1) is 13.8 Å². The lowest BCUT2D eigenvalue weighted by Crippen LogP contribution is -2.46. The molecule has 20 heavy (non-hydrogen) atoms. The lowest BCUT2D eigenvalue weighted by atomic mass is 10.1. The van der Waals surface area contributed by atoms with Gasteiger partial charge in [-0.15, -0.1) is 0 Å². The Hall–Kier alpha value is -2.05. The number of nitrogens with one attached hydrogen (secondary N) is 2. The highest BCUT2D eigenvalue weighted by atomic mass is 16.5. The molecule has 1 aromatic heterocycles. The molecule has 0 spiro atoms. The number of carbonyl (C=O) groups excluding carboxylic acids is 1. The summed E-state index contributed by atoms with van der Waals surface area (Å²) in [5, 5.41) is 18.0. The van der Waals surface area contributed by atoms with Crippen LogP contribution in [0.2, 0.25) is 0 Å². The average Bonchev–Trinajstić information content (AvgIpc) is 2.68. The van der Waals surface area contributed by atoms with Crippen molar-refractivity contribution in [3.8, 4) is 0 Å². The fourth-order valence-electron chi connectivity index (χ4n) is 2.12. The van der Waals surface area contributed by atoms with Gasteiger partial charge in [-0.3, -0.25) is 0 Å². The van der Waals surface area contributed by atoms with Crippen molar-refractivity contribution in [2.45, 2.75) is 52.6 Å². The summed E-state index contributed by atoms with van der Waals surface area (Å²) in [6.07, 6.45) is 1.07. The Morgan fingerprint density at radius 2 is 2.00 bits per heavy atom. The average molecular weight is 283 g/mol. The number of carbonyl (C=O) groups is 2. The number of amides is 2. The molecule has 0 aliphatic rings. The predicted octanol–water partition coefficient (Wildman–Crippen LogP) is 1.90. The Bertz CT molecular complexity index is 464. The van der Waals surface area contributed by atoms with Gasteiger partial charge in [0, 0.05) is 5.56 Å². The minimum atomic E-state index is -1.04. The van der Waals surface area contributed by atoms with Gasteiger partial charge < -0.3 is 20.3 Å². The molecule has 0 bridgehead atoms. The number of aryl methyl sites for hydroxylation is 2. The van der Waals surface area contributed by atoms with Crippen molar-refractivity contribution in [1.29, 1.82) is 0 Å². The quantitative estimate of drug-likeness (QED) is 0.739. The molecule has 112 valence electrons. The first-order chi connectivity index (χ1) is 9.36. The lowest BCUT2D eigenvalue weighted by molar-refractivity contribution is -0.139. The van der Waals surface area contributed by atoms with Gasteiger partial charge in [-0.2, -0.15) is 0 Å². The van der Waals surface area contributed by atoms with Crippen LogP contribution in [0.5, 0.6) is 0 Å². The Labute approximate surface area is 117 Å². The summed E-state index contributed by atoms with van der Waals surface area (Å²) < 4.78 is 5.04. The molecular weight excluding hydrogens is 262 g/mol. The van der Waals surface area contributed by atoms with Crippen molar-refractivity contribution in [1.82, 2.24) is 15.8 Å². The molecule has 2 amide bonds. The Kier molecular flexibility index (Phi) is 5.54. The molecule has 2 unspecified atom stereocenters. The second-order valence-corrected chi connectivity index (χ2v) is 4.76. The Morgan fingerprint density at radius 3 is 2.45 bits per heavy atom. The van der Waals surface area contributed by atoms with Crippen LogP contribution in [-0.2, 0) is 4.79 Å². The number of hydrogen-bond donors (Lipinski definition) is 3. The first-order valence-corrected chi connectivity index (χ1v) is 6.59. The van der Waals surface area contributed by atoms with Gasteiger partial charge in [0.05, 0.1) is 11.7 Å². The molecule has 7 nitrogen and oxygen atoms in total. The monoisotopic (exact) mass is 283 g/mol. The van der Waals surface area contributed by atoms with Crippen LogP contribution in [0.15, 0.2) is 4.52 Å². The zero-order chi connectivity index (χ0) is 15.3. The van der Waals surface area contributed by atoms with E-state index < -0.39 is 18.0 Å². The number of aliphatic carboxylic acids is 1. The number of aromatic nitrogens is 1. The number of carboxylic acids is 1. The molecule has 0 aliphatic heterocycles. The van der Waals surface area contributed by atoms with Crippen LogP contribution < -0.4 is 10.6 Å². The standard InChI is InChI=1S/C13H21N3O4/c1-5-6-10(12(17)18)15-13(19)14-7(2)11-8(3)16-20-9(11)4/h7,10H,5-6H2,1-4H3,(H,17,18)(H2,14,15,19). The fourth-order valence-corrected chi connectivity index (χ4v) is 2.12. The van der Waals surface area contributed by atoms with E-state index >= 15 is 0 Å². The van der Waals surface area contributed by atoms with E-state index in [4.69, 9.17) is 9.63 Å². The molecule has 0 saturated heterocycles. The first kappa shape index (κ1) is 16.0. The molecule has 7 heteroatoms. The molecule has 0 aliphatic carbocycles. The van der Waals surface area contributed by atoms with Crippen molar-refractivity contribution in [3.05, 3.63) is 17.0 Å². The maximum absolute atomic E-state index is 11.8. The van der Waals surface area contributed by atoms with E-state index in [-0.39, 0.29) is 6.04 Å². The summed E-state index contributed by atoms with van der Waals surface area (Å²) >= 11 is 0.